The average molecular weight is 288 g/mol. The topological polar surface area (TPSA) is 9.23 Å². The van der Waals surface area contributed by atoms with Gasteiger partial charge in [-0.3, -0.25) is 0 Å². The lowest BCUT2D eigenvalue weighted by molar-refractivity contribution is 0.0398. The van der Waals surface area contributed by atoms with E-state index in [9.17, 15) is 0 Å². The number of ether oxygens (including phenoxy) is 1. The van der Waals surface area contributed by atoms with E-state index in [0.717, 1.165) is 6.42 Å². The van der Waals surface area contributed by atoms with Gasteiger partial charge < -0.3 is 4.74 Å². The van der Waals surface area contributed by atoms with E-state index in [1.165, 1.54) is 50.5 Å². The standard InChI is InChI=1S/C20H32O/c1-4-5-6-7-8-9-13-17-20(2,21-3)18-16-19-14-11-10-12-15-19/h10-12,14-16,18H,4-9,13,17H2,1-3H3. The molecule has 0 bridgehead atoms. The second kappa shape index (κ2) is 10.6. The molecule has 0 aliphatic carbocycles. The summed E-state index contributed by atoms with van der Waals surface area (Å²) >= 11 is 0. The lowest BCUT2D eigenvalue weighted by atomic mass is 9.96. The fourth-order valence-electron chi connectivity index (χ4n) is 2.52. The van der Waals surface area contributed by atoms with Crippen LogP contribution in [0.25, 0.3) is 6.08 Å². The molecule has 0 aliphatic heterocycles. The molecular weight excluding hydrogens is 256 g/mol. The van der Waals surface area contributed by atoms with E-state index in [2.05, 4.69) is 50.3 Å². The van der Waals surface area contributed by atoms with Gasteiger partial charge in [-0.1, -0.05) is 94.4 Å². The minimum absolute atomic E-state index is 0.140. The second-order valence-corrected chi connectivity index (χ2v) is 6.13. The fraction of sp³-hybridized carbons (Fsp3) is 0.600. The second-order valence-electron chi connectivity index (χ2n) is 6.13. The van der Waals surface area contributed by atoms with E-state index in [4.69, 9.17) is 4.74 Å². The van der Waals surface area contributed by atoms with Gasteiger partial charge in [0.2, 0.25) is 0 Å². The van der Waals surface area contributed by atoms with E-state index in [1.807, 2.05) is 13.2 Å². The summed E-state index contributed by atoms with van der Waals surface area (Å²) in [5.41, 5.74) is 1.10. The van der Waals surface area contributed by atoms with Crippen LogP contribution in [0.5, 0.6) is 0 Å². The molecule has 0 aromatic heterocycles. The number of rotatable bonds is 11. The van der Waals surface area contributed by atoms with Crippen molar-refractivity contribution < 1.29 is 4.74 Å². The van der Waals surface area contributed by atoms with Crippen molar-refractivity contribution in [2.45, 2.75) is 70.8 Å². The highest BCUT2D eigenvalue weighted by molar-refractivity contribution is 5.50. The molecule has 0 spiro atoms. The van der Waals surface area contributed by atoms with Crippen molar-refractivity contribution in [2.75, 3.05) is 7.11 Å². The molecule has 0 fully saturated rings. The number of benzene rings is 1. The van der Waals surface area contributed by atoms with Crippen molar-refractivity contribution in [3.63, 3.8) is 0 Å². The van der Waals surface area contributed by atoms with Gasteiger partial charge in [-0.2, -0.15) is 0 Å². The first-order valence-corrected chi connectivity index (χ1v) is 8.49. The Morgan fingerprint density at radius 3 is 2.19 bits per heavy atom. The van der Waals surface area contributed by atoms with E-state index in [1.54, 1.807) is 0 Å². The molecule has 0 saturated heterocycles. The minimum Gasteiger partial charge on any atom is -0.374 e. The lowest BCUT2D eigenvalue weighted by Crippen LogP contribution is -2.23. The van der Waals surface area contributed by atoms with Gasteiger partial charge in [-0.05, 0) is 18.9 Å². The molecule has 0 N–H and O–H groups in total. The summed E-state index contributed by atoms with van der Waals surface area (Å²) in [5.74, 6) is 0. The number of hydrogen-bond donors (Lipinski definition) is 0. The summed E-state index contributed by atoms with van der Waals surface area (Å²) in [5, 5.41) is 0. The maximum absolute atomic E-state index is 5.72. The molecule has 1 nitrogen and oxygen atoms in total. The lowest BCUT2D eigenvalue weighted by Gasteiger charge is -2.24. The quantitative estimate of drug-likeness (QED) is 0.437. The summed E-state index contributed by atoms with van der Waals surface area (Å²) < 4.78 is 5.72. The van der Waals surface area contributed by atoms with E-state index in [-0.39, 0.29) is 5.60 Å². The smallest absolute Gasteiger partial charge is 0.0833 e. The van der Waals surface area contributed by atoms with Gasteiger partial charge in [0, 0.05) is 7.11 Å². The summed E-state index contributed by atoms with van der Waals surface area (Å²) in [4.78, 5) is 0. The first-order chi connectivity index (χ1) is 10.2. The molecule has 0 heterocycles. The predicted molar refractivity (Wildman–Crippen MR) is 93.5 cm³/mol. The van der Waals surface area contributed by atoms with Gasteiger partial charge in [-0.25, -0.2) is 0 Å². The Labute approximate surface area is 131 Å². The first-order valence-electron chi connectivity index (χ1n) is 8.49. The van der Waals surface area contributed by atoms with Crippen molar-refractivity contribution in [3.8, 4) is 0 Å². The van der Waals surface area contributed by atoms with Crippen LogP contribution < -0.4 is 0 Å². The molecule has 0 amide bonds. The Hall–Kier alpha value is -1.08. The number of methoxy groups -OCH3 is 1. The molecule has 1 aromatic carbocycles. The molecule has 21 heavy (non-hydrogen) atoms. The van der Waals surface area contributed by atoms with Crippen LogP contribution in [0.2, 0.25) is 0 Å². The summed E-state index contributed by atoms with van der Waals surface area (Å²) in [6, 6.07) is 10.4. The van der Waals surface area contributed by atoms with Crippen LogP contribution in [0.1, 0.15) is 70.8 Å². The zero-order chi connectivity index (χ0) is 15.4. The molecule has 1 aromatic rings. The monoisotopic (exact) mass is 288 g/mol. The van der Waals surface area contributed by atoms with Crippen LogP contribution in [-0.4, -0.2) is 12.7 Å². The average Bonchev–Trinajstić information content (AvgIpc) is 2.53. The summed E-state index contributed by atoms with van der Waals surface area (Å²) in [6.45, 7) is 4.45. The van der Waals surface area contributed by atoms with Crippen molar-refractivity contribution >= 4 is 6.08 Å². The van der Waals surface area contributed by atoms with E-state index in [0.29, 0.717) is 0 Å². The zero-order valence-electron chi connectivity index (χ0n) is 14.1. The third-order valence-electron chi connectivity index (χ3n) is 4.17. The van der Waals surface area contributed by atoms with Gasteiger partial charge in [0.15, 0.2) is 0 Å². The Kier molecular flexibility index (Phi) is 9.09. The van der Waals surface area contributed by atoms with Crippen LogP contribution >= 0.6 is 0 Å². The highest BCUT2D eigenvalue weighted by atomic mass is 16.5. The van der Waals surface area contributed by atoms with Crippen molar-refractivity contribution in [1.29, 1.82) is 0 Å². The van der Waals surface area contributed by atoms with Gasteiger partial charge in [0.05, 0.1) is 5.60 Å². The molecule has 0 radical (unpaired) electrons. The Morgan fingerprint density at radius 1 is 0.952 bits per heavy atom. The maximum Gasteiger partial charge on any atom is 0.0833 e. The van der Waals surface area contributed by atoms with Crippen LogP contribution in [0.3, 0.4) is 0 Å². The van der Waals surface area contributed by atoms with E-state index < -0.39 is 0 Å². The maximum atomic E-state index is 5.72. The van der Waals surface area contributed by atoms with Gasteiger partial charge in [0.25, 0.3) is 0 Å². The van der Waals surface area contributed by atoms with Crippen LogP contribution in [-0.2, 0) is 4.74 Å². The molecule has 1 unspecified atom stereocenters. The molecule has 0 saturated carbocycles. The third-order valence-corrected chi connectivity index (χ3v) is 4.17. The summed E-state index contributed by atoms with van der Waals surface area (Å²) in [7, 11) is 1.82. The highest BCUT2D eigenvalue weighted by Crippen LogP contribution is 2.22. The highest BCUT2D eigenvalue weighted by Gasteiger charge is 2.18. The van der Waals surface area contributed by atoms with Crippen LogP contribution in [0, 0.1) is 0 Å². The van der Waals surface area contributed by atoms with Crippen LogP contribution in [0.4, 0.5) is 0 Å². The molecule has 118 valence electrons. The van der Waals surface area contributed by atoms with Gasteiger partial charge >= 0.3 is 0 Å². The summed E-state index contributed by atoms with van der Waals surface area (Å²) in [6.07, 6.45) is 14.9. The zero-order valence-corrected chi connectivity index (χ0v) is 14.1. The van der Waals surface area contributed by atoms with Crippen LogP contribution in [0.15, 0.2) is 36.4 Å². The Bertz CT molecular complexity index is 382. The van der Waals surface area contributed by atoms with Gasteiger partial charge in [0.1, 0.15) is 0 Å². The fourth-order valence-corrected chi connectivity index (χ4v) is 2.52. The third kappa shape index (κ3) is 8.06. The predicted octanol–water partition coefficient (Wildman–Crippen LogP) is 6.25. The molecule has 1 heteroatoms. The first kappa shape index (κ1) is 18.0. The Morgan fingerprint density at radius 2 is 1.57 bits per heavy atom. The van der Waals surface area contributed by atoms with E-state index >= 15 is 0 Å². The molecular formula is C20H32O. The molecule has 1 rings (SSSR count). The van der Waals surface area contributed by atoms with Gasteiger partial charge in [-0.15, -0.1) is 0 Å². The number of hydrogen-bond acceptors (Lipinski definition) is 1. The largest absolute Gasteiger partial charge is 0.374 e. The Balaban J connectivity index is 2.30. The van der Waals surface area contributed by atoms with Crippen molar-refractivity contribution in [1.82, 2.24) is 0 Å². The van der Waals surface area contributed by atoms with Crippen molar-refractivity contribution in [3.05, 3.63) is 42.0 Å². The number of unbranched alkanes of at least 4 members (excludes halogenated alkanes) is 6. The molecule has 0 aliphatic rings. The normalized spacial score (nSPS) is 14.4. The molecule has 1 atom stereocenters. The van der Waals surface area contributed by atoms with Crippen molar-refractivity contribution in [2.24, 2.45) is 0 Å². The minimum atomic E-state index is -0.140. The SMILES string of the molecule is CCCCCCCCCC(C)(C=Cc1ccccc1)OC.